The molecule has 2 aromatic carbocycles. The minimum atomic E-state index is -1.08. The lowest BCUT2D eigenvalue weighted by Gasteiger charge is -2.28. The van der Waals surface area contributed by atoms with E-state index in [1.165, 1.54) is 12.1 Å². The van der Waals surface area contributed by atoms with Crippen LogP contribution < -0.4 is 0 Å². The number of ether oxygens (including phenoxy) is 1. The fourth-order valence-electron chi connectivity index (χ4n) is 2.83. The summed E-state index contributed by atoms with van der Waals surface area (Å²) in [6, 6.07) is 10.1. The van der Waals surface area contributed by atoms with Crippen molar-refractivity contribution in [3.63, 3.8) is 0 Å². The molecule has 142 valence electrons. The molecule has 4 nitrogen and oxygen atoms in total. The first-order chi connectivity index (χ1) is 11.9. The summed E-state index contributed by atoms with van der Waals surface area (Å²) in [5.41, 5.74) is 2.78. The lowest BCUT2D eigenvalue weighted by Crippen LogP contribution is -2.18. The van der Waals surface area contributed by atoms with Gasteiger partial charge in [-0.05, 0) is 51.8 Å². The molecule has 2 rings (SSSR count). The molecular weight excluding hydrogens is 328 g/mol. The third kappa shape index (κ3) is 4.77. The zero-order valence-electron chi connectivity index (χ0n) is 16.5. The average Bonchev–Trinajstić information content (AvgIpc) is 2.52. The van der Waals surface area contributed by atoms with Gasteiger partial charge in [0.05, 0.1) is 6.61 Å². The molecule has 0 aromatic heterocycles. The Morgan fingerprint density at radius 1 is 0.846 bits per heavy atom. The van der Waals surface area contributed by atoms with Gasteiger partial charge in [-0.25, -0.2) is 0 Å². The van der Waals surface area contributed by atoms with Crippen LogP contribution in [-0.2, 0) is 22.2 Å². The first-order valence-corrected chi connectivity index (χ1v) is 8.85. The van der Waals surface area contributed by atoms with Gasteiger partial charge in [0.1, 0.15) is 11.5 Å². The van der Waals surface area contributed by atoms with E-state index in [2.05, 4.69) is 41.5 Å². The Hall–Kier alpha value is -2.04. The van der Waals surface area contributed by atoms with Crippen molar-refractivity contribution >= 4 is 0 Å². The van der Waals surface area contributed by atoms with Crippen LogP contribution in [0.5, 0.6) is 11.5 Å². The molecule has 0 saturated carbocycles. The van der Waals surface area contributed by atoms with Gasteiger partial charge < -0.3 is 20.1 Å². The van der Waals surface area contributed by atoms with Crippen molar-refractivity contribution in [2.45, 2.75) is 65.3 Å². The highest BCUT2D eigenvalue weighted by molar-refractivity contribution is 5.49. The van der Waals surface area contributed by atoms with Crippen LogP contribution in [-0.4, -0.2) is 15.3 Å². The topological polar surface area (TPSA) is 69.9 Å². The van der Waals surface area contributed by atoms with E-state index in [-0.39, 0.29) is 23.2 Å². The van der Waals surface area contributed by atoms with Gasteiger partial charge in [-0.3, -0.25) is 0 Å². The molecule has 1 atom stereocenters. The van der Waals surface area contributed by atoms with Crippen molar-refractivity contribution in [3.8, 4) is 11.5 Å². The summed E-state index contributed by atoms with van der Waals surface area (Å²) in [6.07, 6.45) is -1.08. The molecule has 4 heteroatoms. The second-order valence-electron chi connectivity index (χ2n) is 8.79. The Morgan fingerprint density at radius 3 is 1.73 bits per heavy atom. The Balaban J connectivity index is 2.30. The summed E-state index contributed by atoms with van der Waals surface area (Å²) in [5, 5.41) is 30.3. The number of aliphatic hydroxyl groups excluding tert-OH is 1. The maximum absolute atomic E-state index is 10.8. The minimum Gasteiger partial charge on any atom is -0.508 e. The number of hydrogen-bond donors (Lipinski definition) is 3. The summed E-state index contributed by atoms with van der Waals surface area (Å²) >= 11 is 0. The molecule has 3 N–H and O–H groups in total. The molecule has 2 aromatic rings. The smallest absolute Gasteiger partial charge is 0.181 e. The highest BCUT2D eigenvalue weighted by Gasteiger charge is 2.26. The van der Waals surface area contributed by atoms with Gasteiger partial charge in [0.15, 0.2) is 6.29 Å². The fourth-order valence-corrected chi connectivity index (χ4v) is 2.83. The Kier molecular flexibility index (Phi) is 5.69. The third-order valence-corrected chi connectivity index (χ3v) is 4.37. The van der Waals surface area contributed by atoms with Crippen LogP contribution in [0.25, 0.3) is 0 Å². The number of hydrogen-bond acceptors (Lipinski definition) is 4. The van der Waals surface area contributed by atoms with E-state index >= 15 is 0 Å². The maximum Gasteiger partial charge on any atom is 0.181 e. The van der Waals surface area contributed by atoms with E-state index < -0.39 is 6.29 Å². The number of aromatic hydroxyl groups is 2. The summed E-state index contributed by atoms with van der Waals surface area (Å²) in [7, 11) is 0. The number of rotatable bonds is 4. The molecule has 0 aliphatic heterocycles. The van der Waals surface area contributed by atoms with Crippen molar-refractivity contribution < 1.29 is 20.1 Å². The summed E-state index contributed by atoms with van der Waals surface area (Å²) in [6.45, 7) is 12.6. The van der Waals surface area contributed by atoms with Crippen LogP contribution in [0.2, 0.25) is 0 Å². The van der Waals surface area contributed by atoms with Gasteiger partial charge >= 0.3 is 0 Å². The van der Waals surface area contributed by atoms with Gasteiger partial charge in [-0.1, -0.05) is 53.7 Å². The molecule has 0 fully saturated rings. The molecular formula is C22H30O4. The van der Waals surface area contributed by atoms with E-state index in [0.29, 0.717) is 11.3 Å². The molecule has 0 bridgehead atoms. The molecule has 0 aliphatic carbocycles. The number of phenolic OH excluding ortho intramolecular Hbond substituents is 2. The van der Waals surface area contributed by atoms with Crippen LogP contribution in [0.4, 0.5) is 0 Å². The first-order valence-electron chi connectivity index (χ1n) is 8.85. The maximum atomic E-state index is 10.8. The lowest BCUT2D eigenvalue weighted by atomic mass is 9.78. The molecule has 0 aliphatic rings. The standard InChI is InChI=1S/C22H30O4/c1-21(2,3)17-11-14(12-18(19(17)24)22(4,5)6)13-26-20(25)15-7-9-16(23)10-8-15/h7-12,20,23-25H,13H2,1-6H3. The molecule has 0 spiro atoms. The second-order valence-corrected chi connectivity index (χ2v) is 8.79. The third-order valence-electron chi connectivity index (χ3n) is 4.37. The predicted octanol–water partition coefficient (Wildman–Crippen LogP) is 4.90. The monoisotopic (exact) mass is 358 g/mol. The van der Waals surface area contributed by atoms with Gasteiger partial charge in [-0.2, -0.15) is 0 Å². The number of phenols is 2. The van der Waals surface area contributed by atoms with Crippen LogP contribution in [0.15, 0.2) is 36.4 Å². The van der Waals surface area contributed by atoms with Crippen LogP contribution >= 0.6 is 0 Å². The molecule has 1 unspecified atom stereocenters. The van der Waals surface area contributed by atoms with Gasteiger partial charge in [0, 0.05) is 5.56 Å². The Labute approximate surface area is 156 Å². The Bertz CT molecular complexity index is 714. The van der Waals surface area contributed by atoms with E-state index in [1.807, 2.05) is 12.1 Å². The highest BCUT2D eigenvalue weighted by atomic mass is 16.6. The summed E-state index contributed by atoms with van der Waals surface area (Å²) < 4.78 is 5.62. The van der Waals surface area contributed by atoms with Crippen LogP contribution in [0, 0.1) is 0 Å². The fraction of sp³-hybridized carbons (Fsp3) is 0.455. The van der Waals surface area contributed by atoms with Crippen molar-refractivity contribution in [1.82, 2.24) is 0 Å². The minimum absolute atomic E-state index is 0.143. The van der Waals surface area contributed by atoms with E-state index in [1.54, 1.807) is 12.1 Å². The van der Waals surface area contributed by atoms with E-state index in [9.17, 15) is 15.3 Å². The molecule has 0 saturated heterocycles. The Morgan fingerprint density at radius 2 is 1.31 bits per heavy atom. The quantitative estimate of drug-likeness (QED) is 0.680. The first kappa shape index (κ1) is 20.3. The second kappa shape index (κ2) is 7.29. The normalized spacial score (nSPS) is 13.7. The van der Waals surface area contributed by atoms with Crippen LogP contribution in [0.3, 0.4) is 0 Å². The van der Waals surface area contributed by atoms with E-state index in [4.69, 9.17) is 4.74 Å². The lowest BCUT2D eigenvalue weighted by molar-refractivity contribution is -0.112. The molecule has 0 heterocycles. The van der Waals surface area contributed by atoms with Gasteiger partial charge in [0.2, 0.25) is 0 Å². The van der Waals surface area contributed by atoms with Crippen molar-refractivity contribution in [1.29, 1.82) is 0 Å². The van der Waals surface area contributed by atoms with Crippen molar-refractivity contribution in [3.05, 3.63) is 58.7 Å². The SMILES string of the molecule is CC(C)(C)c1cc(COC(O)c2ccc(O)cc2)cc(C(C)(C)C)c1O. The molecule has 0 radical (unpaired) electrons. The predicted molar refractivity (Wildman–Crippen MR) is 103 cm³/mol. The zero-order valence-corrected chi connectivity index (χ0v) is 16.5. The van der Waals surface area contributed by atoms with Crippen molar-refractivity contribution in [2.24, 2.45) is 0 Å². The van der Waals surface area contributed by atoms with Crippen LogP contribution in [0.1, 0.15) is 70.1 Å². The molecule has 0 amide bonds. The van der Waals surface area contributed by atoms with E-state index in [0.717, 1.165) is 16.7 Å². The largest absolute Gasteiger partial charge is 0.508 e. The number of aliphatic hydroxyl groups is 1. The average molecular weight is 358 g/mol. The van der Waals surface area contributed by atoms with Gasteiger partial charge in [0.25, 0.3) is 0 Å². The van der Waals surface area contributed by atoms with Crippen molar-refractivity contribution in [2.75, 3.05) is 0 Å². The zero-order chi connectivity index (χ0) is 19.7. The highest BCUT2D eigenvalue weighted by Crippen LogP contribution is 2.40. The summed E-state index contributed by atoms with van der Waals surface area (Å²) in [4.78, 5) is 0. The molecule has 26 heavy (non-hydrogen) atoms. The summed E-state index contributed by atoms with van der Waals surface area (Å²) in [5.74, 6) is 0.469. The number of benzene rings is 2. The van der Waals surface area contributed by atoms with Gasteiger partial charge in [-0.15, -0.1) is 0 Å².